The predicted octanol–water partition coefficient (Wildman–Crippen LogP) is 5.96. The van der Waals surface area contributed by atoms with Crippen molar-refractivity contribution in [3.05, 3.63) is 76.9 Å². The summed E-state index contributed by atoms with van der Waals surface area (Å²) in [5.41, 5.74) is 5.79. The van der Waals surface area contributed by atoms with Gasteiger partial charge in [-0.1, -0.05) is 37.3 Å². The Hall–Kier alpha value is -3.45. The van der Waals surface area contributed by atoms with E-state index >= 15 is 0 Å². The second-order valence-electron chi connectivity index (χ2n) is 8.72. The van der Waals surface area contributed by atoms with Crippen molar-refractivity contribution in [2.24, 2.45) is 0 Å². The Labute approximate surface area is 219 Å². The van der Waals surface area contributed by atoms with Gasteiger partial charge in [-0.05, 0) is 78.5 Å². The van der Waals surface area contributed by atoms with Crippen LogP contribution in [0.3, 0.4) is 0 Å². The van der Waals surface area contributed by atoms with Gasteiger partial charge in [0, 0.05) is 12.2 Å². The monoisotopic (exact) mass is 506 g/mol. The van der Waals surface area contributed by atoms with Crippen LogP contribution in [0.1, 0.15) is 35.2 Å². The van der Waals surface area contributed by atoms with E-state index in [9.17, 15) is 0 Å². The van der Waals surface area contributed by atoms with Crippen LogP contribution < -0.4 is 24.3 Å². The van der Waals surface area contributed by atoms with Crippen LogP contribution in [0.25, 0.3) is 0 Å². The van der Waals surface area contributed by atoms with E-state index in [1.807, 2.05) is 30.3 Å². The van der Waals surface area contributed by atoms with Gasteiger partial charge in [0.2, 0.25) is 0 Å². The third-order valence-corrected chi connectivity index (χ3v) is 7.04. The molecule has 3 aromatic rings. The average molecular weight is 507 g/mol. The molecule has 7 heteroatoms. The van der Waals surface area contributed by atoms with Crippen molar-refractivity contribution < 1.29 is 18.9 Å². The van der Waals surface area contributed by atoms with Crippen molar-refractivity contribution in [3.8, 4) is 23.0 Å². The van der Waals surface area contributed by atoms with Crippen molar-refractivity contribution in [1.29, 1.82) is 0 Å². The SMILES string of the molecule is CCc1cccc(C)c1NC(=S)N1CCc2cc(OC)c(OC)cc2[C@@H]1COc1ccccc1OC. The molecule has 0 bridgehead atoms. The molecule has 190 valence electrons. The number of hydrogen-bond acceptors (Lipinski definition) is 5. The summed E-state index contributed by atoms with van der Waals surface area (Å²) < 4.78 is 23.0. The Bertz CT molecular complexity index is 1230. The first kappa shape index (κ1) is 25.6. The van der Waals surface area contributed by atoms with Crippen molar-refractivity contribution in [1.82, 2.24) is 4.90 Å². The molecule has 0 saturated carbocycles. The van der Waals surface area contributed by atoms with Gasteiger partial charge in [-0.25, -0.2) is 0 Å². The molecule has 0 spiro atoms. The minimum atomic E-state index is -0.132. The van der Waals surface area contributed by atoms with Gasteiger partial charge in [0.25, 0.3) is 0 Å². The van der Waals surface area contributed by atoms with Crippen LogP contribution in [0.15, 0.2) is 54.6 Å². The molecule has 0 unspecified atom stereocenters. The minimum Gasteiger partial charge on any atom is -0.493 e. The van der Waals surface area contributed by atoms with Crippen LogP contribution >= 0.6 is 12.2 Å². The Kier molecular flexibility index (Phi) is 8.21. The van der Waals surface area contributed by atoms with Crippen molar-refractivity contribution >= 4 is 23.0 Å². The maximum absolute atomic E-state index is 6.33. The quantitative estimate of drug-likeness (QED) is 0.379. The van der Waals surface area contributed by atoms with E-state index < -0.39 is 0 Å². The van der Waals surface area contributed by atoms with Gasteiger partial charge < -0.3 is 29.2 Å². The molecule has 1 N–H and O–H groups in total. The lowest BCUT2D eigenvalue weighted by molar-refractivity contribution is 0.185. The zero-order chi connectivity index (χ0) is 25.7. The first-order valence-electron chi connectivity index (χ1n) is 12.2. The smallest absolute Gasteiger partial charge is 0.174 e. The summed E-state index contributed by atoms with van der Waals surface area (Å²) in [6, 6.07) is 18.0. The van der Waals surface area contributed by atoms with Gasteiger partial charge in [-0.15, -0.1) is 0 Å². The van der Waals surface area contributed by atoms with Crippen LogP contribution in [-0.2, 0) is 12.8 Å². The summed E-state index contributed by atoms with van der Waals surface area (Å²) in [7, 11) is 4.96. The van der Waals surface area contributed by atoms with Crippen LogP contribution in [0.5, 0.6) is 23.0 Å². The highest BCUT2D eigenvalue weighted by Crippen LogP contribution is 2.39. The van der Waals surface area contributed by atoms with Gasteiger partial charge in [0.05, 0.1) is 27.4 Å². The summed E-state index contributed by atoms with van der Waals surface area (Å²) in [4.78, 5) is 2.21. The molecular formula is C29H34N2O4S. The first-order chi connectivity index (χ1) is 17.5. The fourth-order valence-electron chi connectivity index (χ4n) is 4.74. The van der Waals surface area contributed by atoms with Gasteiger partial charge in [-0.3, -0.25) is 0 Å². The predicted molar refractivity (Wildman–Crippen MR) is 148 cm³/mol. The second-order valence-corrected chi connectivity index (χ2v) is 9.11. The number of nitrogens with one attached hydrogen (secondary N) is 1. The largest absolute Gasteiger partial charge is 0.493 e. The molecule has 0 saturated heterocycles. The molecule has 0 aliphatic carbocycles. The number of anilines is 1. The Morgan fingerprint density at radius 1 is 0.944 bits per heavy atom. The lowest BCUT2D eigenvalue weighted by atomic mass is 9.92. The molecule has 6 nitrogen and oxygen atoms in total. The molecule has 0 amide bonds. The summed E-state index contributed by atoms with van der Waals surface area (Å²) in [5.74, 6) is 2.80. The number of methoxy groups -OCH3 is 3. The molecular weight excluding hydrogens is 472 g/mol. The maximum Gasteiger partial charge on any atom is 0.174 e. The minimum absolute atomic E-state index is 0.132. The zero-order valence-corrected chi connectivity index (χ0v) is 22.4. The molecule has 3 aromatic carbocycles. The first-order valence-corrected chi connectivity index (χ1v) is 12.6. The summed E-state index contributed by atoms with van der Waals surface area (Å²) in [6.45, 7) is 5.40. The molecule has 1 aliphatic rings. The van der Waals surface area contributed by atoms with Gasteiger partial charge in [0.15, 0.2) is 28.1 Å². The number of thiocarbonyl (C=S) groups is 1. The van der Waals surface area contributed by atoms with E-state index in [0.29, 0.717) is 29.0 Å². The van der Waals surface area contributed by atoms with Crippen LogP contribution in [0, 0.1) is 6.92 Å². The molecule has 0 fully saturated rings. The zero-order valence-electron chi connectivity index (χ0n) is 21.6. The fourth-order valence-corrected chi connectivity index (χ4v) is 5.06. The Morgan fingerprint density at radius 2 is 1.64 bits per heavy atom. The van der Waals surface area contributed by atoms with Crippen LogP contribution in [-0.4, -0.2) is 44.5 Å². The molecule has 1 aliphatic heterocycles. The van der Waals surface area contributed by atoms with Crippen molar-refractivity contribution in [2.45, 2.75) is 32.7 Å². The molecule has 0 radical (unpaired) electrons. The number of nitrogens with zero attached hydrogens (tertiary/aromatic N) is 1. The summed E-state index contributed by atoms with van der Waals surface area (Å²) >= 11 is 6.00. The number of para-hydroxylation sites is 3. The van der Waals surface area contributed by atoms with E-state index in [-0.39, 0.29) is 6.04 Å². The highest BCUT2D eigenvalue weighted by molar-refractivity contribution is 7.80. The van der Waals surface area contributed by atoms with E-state index in [2.05, 4.69) is 48.3 Å². The number of hydrogen-bond donors (Lipinski definition) is 1. The topological polar surface area (TPSA) is 52.2 Å². The molecule has 1 heterocycles. The molecule has 0 aromatic heterocycles. The van der Waals surface area contributed by atoms with E-state index in [1.54, 1.807) is 21.3 Å². The highest BCUT2D eigenvalue weighted by atomic mass is 32.1. The van der Waals surface area contributed by atoms with Crippen molar-refractivity contribution in [3.63, 3.8) is 0 Å². The molecule has 4 rings (SSSR count). The normalized spacial score (nSPS) is 14.6. The number of rotatable bonds is 8. The summed E-state index contributed by atoms with van der Waals surface area (Å²) in [5, 5.41) is 4.23. The van der Waals surface area contributed by atoms with Gasteiger partial charge in [0.1, 0.15) is 6.61 Å². The second kappa shape index (κ2) is 11.5. The van der Waals surface area contributed by atoms with Crippen molar-refractivity contribution in [2.75, 3.05) is 39.8 Å². The lowest BCUT2D eigenvalue weighted by Gasteiger charge is -2.39. The summed E-state index contributed by atoms with van der Waals surface area (Å²) in [6.07, 6.45) is 1.75. The number of fused-ring (bicyclic) bond motifs is 1. The lowest BCUT2D eigenvalue weighted by Crippen LogP contribution is -2.44. The number of aryl methyl sites for hydroxylation is 2. The number of ether oxygens (including phenoxy) is 4. The average Bonchev–Trinajstić information content (AvgIpc) is 2.91. The maximum atomic E-state index is 6.33. The standard InChI is InChI=1S/C29H34N2O4S/c1-6-20-11-9-10-19(2)28(20)30-29(36)31-15-14-21-16-26(33-4)27(34-5)17-22(21)23(31)18-35-25-13-8-7-12-24(25)32-3/h7-13,16-17,23H,6,14-15,18H2,1-5H3,(H,30,36)/t23-/m0/s1. The Balaban J connectivity index is 1.69. The van der Waals surface area contributed by atoms with E-state index in [0.717, 1.165) is 36.4 Å². The fraction of sp³-hybridized carbons (Fsp3) is 0.345. The van der Waals surface area contributed by atoms with Gasteiger partial charge in [-0.2, -0.15) is 0 Å². The number of benzene rings is 3. The molecule has 1 atom stereocenters. The van der Waals surface area contributed by atoms with Crippen LogP contribution in [0.2, 0.25) is 0 Å². The van der Waals surface area contributed by atoms with Crippen LogP contribution in [0.4, 0.5) is 5.69 Å². The molecule has 36 heavy (non-hydrogen) atoms. The van der Waals surface area contributed by atoms with Gasteiger partial charge >= 0.3 is 0 Å². The third-order valence-electron chi connectivity index (χ3n) is 6.70. The highest BCUT2D eigenvalue weighted by Gasteiger charge is 2.32. The van der Waals surface area contributed by atoms with E-state index in [4.69, 9.17) is 31.2 Å². The third kappa shape index (κ3) is 5.21. The van der Waals surface area contributed by atoms with E-state index in [1.165, 1.54) is 16.7 Å². The Morgan fingerprint density at radius 3 is 2.33 bits per heavy atom.